The van der Waals surface area contributed by atoms with Crippen molar-refractivity contribution >= 4 is 27.4 Å². The maximum absolute atomic E-state index is 14.1. The van der Waals surface area contributed by atoms with Crippen molar-refractivity contribution < 1.29 is 9.13 Å². The summed E-state index contributed by atoms with van der Waals surface area (Å²) in [6.45, 7) is 4.43. The molecule has 1 aromatic carbocycles. The Morgan fingerprint density at radius 3 is 2.87 bits per heavy atom. The van der Waals surface area contributed by atoms with Crippen LogP contribution in [0.3, 0.4) is 0 Å². The number of fused-ring (bicyclic) bond motifs is 1. The Kier molecular flexibility index (Phi) is 3.66. The molecule has 0 atom stereocenters. The minimum absolute atomic E-state index is 0.341. The number of ether oxygens (including phenoxy) is 1. The van der Waals surface area contributed by atoms with Gasteiger partial charge in [-0.25, -0.2) is 19.3 Å². The van der Waals surface area contributed by atoms with Crippen molar-refractivity contribution in [3.05, 3.63) is 35.2 Å². The Morgan fingerprint density at radius 2 is 2.04 bits per heavy atom. The van der Waals surface area contributed by atoms with E-state index in [-0.39, 0.29) is 0 Å². The number of hydrogen-bond donors (Lipinski definition) is 0. The van der Waals surface area contributed by atoms with Gasteiger partial charge in [0.2, 0.25) is 0 Å². The molecule has 1 saturated heterocycles. The molecule has 0 unspecified atom stereocenters. The van der Waals surface area contributed by atoms with E-state index in [1.165, 1.54) is 6.20 Å². The van der Waals surface area contributed by atoms with Crippen molar-refractivity contribution in [1.29, 1.82) is 0 Å². The Bertz CT molecular complexity index is 860. The number of morpholine rings is 1. The number of rotatable bonds is 2. The summed E-state index contributed by atoms with van der Waals surface area (Å²) in [5.41, 5.74) is 1.77. The fourth-order valence-corrected chi connectivity index (χ4v) is 3.48. The largest absolute Gasteiger partial charge is 0.378 e. The molecule has 0 amide bonds. The SMILES string of the molecule is Cc1nc2cc(-c3ncc(F)c(N4CCOCC4)n3)ccc2s1. The van der Waals surface area contributed by atoms with Crippen molar-refractivity contribution in [2.24, 2.45) is 0 Å². The molecule has 2 aromatic heterocycles. The first-order chi connectivity index (χ1) is 11.2. The monoisotopic (exact) mass is 330 g/mol. The van der Waals surface area contributed by atoms with Crippen molar-refractivity contribution in [2.45, 2.75) is 6.92 Å². The Morgan fingerprint density at radius 1 is 1.22 bits per heavy atom. The van der Waals surface area contributed by atoms with Crippen LogP contribution in [0.4, 0.5) is 10.2 Å². The van der Waals surface area contributed by atoms with Crippen LogP contribution in [-0.2, 0) is 4.74 Å². The number of benzene rings is 1. The van der Waals surface area contributed by atoms with E-state index in [4.69, 9.17) is 4.74 Å². The number of halogens is 1. The van der Waals surface area contributed by atoms with Crippen LogP contribution in [0.1, 0.15) is 5.01 Å². The zero-order valence-corrected chi connectivity index (χ0v) is 13.4. The van der Waals surface area contributed by atoms with E-state index in [1.807, 2.05) is 30.0 Å². The lowest BCUT2D eigenvalue weighted by Gasteiger charge is -2.28. The van der Waals surface area contributed by atoms with Crippen LogP contribution in [0.25, 0.3) is 21.6 Å². The van der Waals surface area contributed by atoms with Gasteiger partial charge in [0.15, 0.2) is 17.5 Å². The van der Waals surface area contributed by atoms with Gasteiger partial charge in [-0.1, -0.05) is 0 Å². The van der Waals surface area contributed by atoms with E-state index < -0.39 is 5.82 Å². The zero-order chi connectivity index (χ0) is 15.8. The van der Waals surface area contributed by atoms with Gasteiger partial charge in [0.1, 0.15) is 0 Å². The molecular weight excluding hydrogens is 315 g/mol. The Hall–Kier alpha value is -2.12. The van der Waals surface area contributed by atoms with Gasteiger partial charge >= 0.3 is 0 Å². The van der Waals surface area contributed by atoms with Crippen molar-refractivity contribution in [2.75, 3.05) is 31.2 Å². The van der Waals surface area contributed by atoms with Gasteiger partial charge in [-0.15, -0.1) is 11.3 Å². The molecule has 3 heterocycles. The predicted octanol–water partition coefficient (Wildman–Crippen LogP) is 3.04. The van der Waals surface area contributed by atoms with Crippen LogP contribution >= 0.6 is 11.3 Å². The molecule has 0 saturated carbocycles. The molecule has 5 nitrogen and oxygen atoms in total. The lowest BCUT2D eigenvalue weighted by molar-refractivity contribution is 0.122. The summed E-state index contributed by atoms with van der Waals surface area (Å²) in [5, 5.41) is 1.02. The summed E-state index contributed by atoms with van der Waals surface area (Å²) in [5.74, 6) is 0.453. The average molecular weight is 330 g/mol. The third kappa shape index (κ3) is 2.77. The van der Waals surface area contributed by atoms with E-state index in [9.17, 15) is 4.39 Å². The maximum Gasteiger partial charge on any atom is 0.183 e. The van der Waals surface area contributed by atoms with Crippen LogP contribution in [0, 0.1) is 12.7 Å². The van der Waals surface area contributed by atoms with Gasteiger partial charge in [-0.05, 0) is 25.1 Å². The topological polar surface area (TPSA) is 51.1 Å². The van der Waals surface area contributed by atoms with Gasteiger partial charge in [-0.3, -0.25) is 0 Å². The molecule has 7 heteroatoms. The van der Waals surface area contributed by atoms with Crippen LogP contribution in [0.15, 0.2) is 24.4 Å². The normalized spacial score (nSPS) is 15.3. The van der Waals surface area contributed by atoms with Crippen LogP contribution in [0.2, 0.25) is 0 Å². The predicted molar refractivity (Wildman–Crippen MR) is 88.4 cm³/mol. The maximum atomic E-state index is 14.1. The number of anilines is 1. The fraction of sp³-hybridized carbons (Fsp3) is 0.312. The third-order valence-corrected chi connectivity index (χ3v) is 4.74. The van der Waals surface area contributed by atoms with Gasteiger partial charge in [-0.2, -0.15) is 0 Å². The van der Waals surface area contributed by atoms with Crippen molar-refractivity contribution in [3.63, 3.8) is 0 Å². The van der Waals surface area contributed by atoms with E-state index in [1.54, 1.807) is 11.3 Å². The van der Waals surface area contributed by atoms with Gasteiger partial charge in [0.25, 0.3) is 0 Å². The minimum atomic E-state index is -0.402. The van der Waals surface area contributed by atoms with Crippen molar-refractivity contribution in [1.82, 2.24) is 15.0 Å². The first-order valence-corrected chi connectivity index (χ1v) is 8.25. The van der Waals surface area contributed by atoms with Crippen LogP contribution < -0.4 is 4.90 Å². The van der Waals surface area contributed by atoms with Crippen LogP contribution in [-0.4, -0.2) is 41.3 Å². The first kappa shape index (κ1) is 14.5. The summed E-state index contributed by atoms with van der Waals surface area (Å²) < 4.78 is 20.5. The second-order valence-electron chi connectivity index (χ2n) is 5.38. The first-order valence-electron chi connectivity index (χ1n) is 7.43. The average Bonchev–Trinajstić information content (AvgIpc) is 2.95. The number of aryl methyl sites for hydroxylation is 1. The minimum Gasteiger partial charge on any atom is -0.378 e. The number of thiazole rings is 1. The van der Waals surface area contributed by atoms with Crippen molar-refractivity contribution in [3.8, 4) is 11.4 Å². The summed E-state index contributed by atoms with van der Waals surface area (Å²) in [7, 11) is 0. The second-order valence-corrected chi connectivity index (χ2v) is 6.61. The molecule has 3 aromatic rings. The molecule has 1 aliphatic rings. The summed E-state index contributed by atoms with van der Waals surface area (Å²) in [6.07, 6.45) is 1.24. The smallest absolute Gasteiger partial charge is 0.183 e. The van der Waals surface area contributed by atoms with Crippen LogP contribution in [0.5, 0.6) is 0 Å². The number of aromatic nitrogens is 3. The summed E-state index contributed by atoms with van der Waals surface area (Å²) in [6, 6.07) is 5.92. The lowest BCUT2D eigenvalue weighted by Crippen LogP contribution is -2.37. The van der Waals surface area contributed by atoms with Gasteiger partial charge < -0.3 is 9.64 Å². The molecule has 118 valence electrons. The molecule has 1 aliphatic heterocycles. The standard InChI is InChI=1S/C16H15FN4OS/c1-10-19-13-8-11(2-3-14(13)23-10)15-18-9-12(17)16(20-15)21-4-6-22-7-5-21/h2-3,8-9H,4-7H2,1H3. The molecule has 1 fully saturated rings. The number of hydrogen-bond acceptors (Lipinski definition) is 6. The highest BCUT2D eigenvalue weighted by Crippen LogP contribution is 2.27. The van der Waals surface area contributed by atoms with Gasteiger partial charge in [0.05, 0.1) is 34.6 Å². The highest BCUT2D eigenvalue weighted by molar-refractivity contribution is 7.18. The van der Waals surface area contributed by atoms with E-state index >= 15 is 0 Å². The zero-order valence-electron chi connectivity index (χ0n) is 12.6. The quantitative estimate of drug-likeness (QED) is 0.723. The molecule has 0 bridgehead atoms. The molecular formula is C16H15FN4OS. The fourth-order valence-electron chi connectivity index (χ4n) is 2.68. The summed E-state index contributed by atoms with van der Waals surface area (Å²) >= 11 is 1.65. The van der Waals surface area contributed by atoms with Gasteiger partial charge in [0, 0.05) is 18.7 Å². The van der Waals surface area contributed by atoms with E-state index in [0.717, 1.165) is 20.8 Å². The number of nitrogens with zero attached hydrogens (tertiary/aromatic N) is 4. The molecule has 4 rings (SSSR count). The lowest BCUT2D eigenvalue weighted by atomic mass is 10.2. The Balaban J connectivity index is 1.74. The summed E-state index contributed by atoms with van der Waals surface area (Å²) in [4.78, 5) is 15.0. The molecule has 23 heavy (non-hydrogen) atoms. The highest BCUT2D eigenvalue weighted by atomic mass is 32.1. The third-order valence-electron chi connectivity index (χ3n) is 3.79. The van der Waals surface area contributed by atoms with E-state index in [0.29, 0.717) is 37.9 Å². The Labute approximate surface area is 136 Å². The second kappa shape index (κ2) is 5.82. The molecule has 0 spiro atoms. The highest BCUT2D eigenvalue weighted by Gasteiger charge is 2.18. The molecule has 0 N–H and O–H groups in total. The molecule has 0 radical (unpaired) electrons. The van der Waals surface area contributed by atoms with E-state index in [2.05, 4.69) is 15.0 Å². The molecule has 0 aliphatic carbocycles.